The van der Waals surface area contributed by atoms with Gasteiger partial charge in [0.1, 0.15) is 0 Å². The van der Waals surface area contributed by atoms with Crippen molar-refractivity contribution in [3.63, 3.8) is 0 Å². The van der Waals surface area contributed by atoms with Gasteiger partial charge in [-0.15, -0.1) is 0 Å². The molecule has 3 aromatic rings. The van der Waals surface area contributed by atoms with E-state index in [9.17, 15) is 22.8 Å². The second-order valence-electron chi connectivity index (χ2n) is 6.14. The lowest BCUT2D eigenvalue weighted by Crippen LogP contribution is -2.21. The normalized spacial score (nSPS) is 11.5. The van der Waals surface area contributed by atoms with E-state index in [4.69, 9.17) is 16.8 Å². The molecule has 3 N–H and O–H groups in total. The van der Waals surface area contributed by atoms with Crippen molar-refractivity contribution in [2.24, 2.45) is 0 Å². The molecular formula is C20H14ClF3N4O3. The highest BCUT2D eigenvalue weighted by atomic mass is 35.5. The number of hydrogen-bond donors (Lipinski definition) is 3. The average Bonchev–Trinajstić information content (AvgIpc) is 3.19. The van der Waals surface area contributed by atoms with Crippen molar-refractivity contribution < 1.29 is 28.0 Å². The summed E-state index contributed by atoms with van der Waals surface area (Å²) in [5.41, 5.74) is 0.0379. The summed E-state index contributed by atoms with van der Waals surface area (Å²) in [5.74, 6) is -1.86. The van der Waals surface area contributed by atoms with Gasteiger partial charge in [0.05, 0.1) is 17.4 Å². The van der Waals surface area contributed by atoms with Crippen molar-refractivity contribution in [2.45, 2.75) is 6.18 Å². The number of rotatable bonds is 5. The molecule has 0 unspecified atom stereocenters. The quantitative estimate of drug-likeness (QED) is 0.306. The minimum absolute atomic E-state index is 0.0779. The van der Waals surface area contributed by atoms with Crippen LogP contribution in [-0.4, -0.2) is 26.8 Å². The van der Waals surface area contributed by atoms with Crippen LogP contribution in [0.3, 0.4) is 0 Å². The van der Waals surface area contributed by atoms with Gasteiger partial charge < -0.3 is 5.32 Å². The third kappa shape index (κ3) is 5.11. The summed E-state index contributed by atoms with van der Waals surface area (Å²) in [7, 11) is 0. The molecule has 0 saturated carbocycles. The lowest BCUT2D eigenvalue weighted by atomic mass is 10.1. The van der Waals surface area contributed by atoms with Gasteiger partial charge in [-0.1, -0.05) is 29.8 Å². The first kappa shape index (κ1) is 22.1. The molecule has 0 aliphatic heterocycles. The Hall–Kier alpha value is -3.63. The summed E-state index contributed by atoms with van der Waals surface area (Å²) in [5, 5.41) is 15.0. The van der Waals surface area contributed by atoms with Gasteiger partial charge >= 0.3 is 6.18 Å². The van der Waals surface area contributed by atoms with E-state index in [-0.39, 0.29) is 11.4 Å². The molecule has 2 aromatic carbocycles. The SMILES string of the molecule is O=C(/C=C/c1ccccc1NC(=O)c1cnn(-c2ccc(Cl)cc2)c1C(F)(F)F)NO. The number of hydrogen-bond acceptors (Lipinski definition) is 4. The lowest BCUT2D eigenvalue weighted by molar-refractivity contribution is -0.143. The predicted molar refractivity (Wildman–Crippen MR) is 107 cm³/mol. The number of hydroxylamine groups is 1. The molecule has 31 heavy (non-hydrogen) atoms. The van der Waals surface area contributed by atoms with Crippen LogP contribution in [0, 0.1) is 0 Å². The Morgan fingerprint density at radius 2 is 1.77 bits per heavy atom. The van der Waals surface area contributed by atoms with Gasteiger partial charge in [0.2, 0.25) is 0 Å². The van der Waals surface area contributed by atoms with Crippen molar-refractivity contribution in [3.8, 4) is 5.69 Å². The monoisotopic (exact) mass is 450 g/mol. The van der Waals surface area contributed by atoms with Crippen molar-refractivity contribution in [1.82, 2.24) is 15.3 Å². The number of nitrogens with zero attached hydrogens (tertiary/aromatic N) is 2. The summed E-state index contributed by atoms with van der Waals surface area (Å²) in [6.07, 6.45) is -1.78. The highest BCUT2D eigenvalue weighted by molar-refractivity contribution is 6.30. The maximum atomic E-state index is 13.8. The molecule has 1 aromatic heterocycles. The van der Waals surface area contributed by atoms with Gasteiger partial charge in [0.15, 0.2) is 5.69 Å². The molecule has 0 radical (unpaired) electrons. The third-order valence-electron chi connectivity index (χ3n) is 4.09. The van der Waals surface area contributed by atoms with Gasteiger partial charge in [-0.3, -0.25) is 14.8 Å². The highest BCUT2D eigenvalue weighted by Gasteiger charge is 2.40. The first-order valence-electron chi connectivity index (χ1n) is 8.64. The van der Waals surface area contributed by atoms with E-state index >= 15 is 0 Å². The van der Waals surface area contributed by atoms with E-state index in [0.29, 0.717) is 15.3 Å². The Labute approximate surface area is 178 Å². The first-order valence-corrected chi connectivity index (χ1v) is 9.02. The summed E-state index contributed by atoms with van der Waals surface area (Å²) in [4.78, 5) is 23.9. The molecule has 3 rings (SSSR count). The molecule has 0 fully saturated rings. The Balaban J connectivity index is 1.98. The largest absolute Gasteiger partial charge is 0.434 e. The Bertz CT molecular complexity index is 1140. The van der Waals surface area contributed by atoms with Crippen LogP contribution in [0.2, 0.25) is 5.02 Å². The van der Waals surface area contributed by atoms with Gasteiger partial charge in [0.25, 0.3) is 11.8 Å². The number of nitrogens with one attached hydrogen (secondary N) is 2. The topological polar surface area (TPSA) is 96.2 Å². The van der Waals surface area contributed by atoms with E-state index in [1.165, 1.54) is 48.0 Å². The number of para-hydroxylation sites is 1. The van der Waals surface area contributed by atoms with Crippen LogP contribution in [0.15, 0.2) is 60.8 Å². The zero-order chi connectivity index (χ0) is 22.6. The number of amides is 2. The summed E-state index contributed by atoms with van der Waals surface area (Å²) in [6.45, 7) is 0. The number of carbonyl (C=O) groups is 2. The first-order chi connectivity index (χ1) is 14.7. The molecule has 7 nitrogen and oxygen atoms in total. The molecule has 0 aliphatic carbocycles. The Morgan fingerprint density at radius 3 is 2.42 bits per heavy atom. The van der Waals surface area contributed by atoms with E-state index in [1.807, 2.05) is 0 Å². The van der Waals surface area contributed by atoms with Gasteiger partial charge in [-0.05, 0) is 42.0 Å². The predicted octanol–water partition coefficient (Wildman–Crippen LogP) is 4.32. The van der Waals surface area contributed by atoms with Gasteiger partial charge in [-0.2, -0.15) is 18.3 Å². The molecule has 0 aliphatic rings. The average molecular weight is 451 g/mol. The van der Waals surface area contributed by atoms with E-state index < -0.39 is 29.2 Å². The number of carbonyl (C=O) groups excluding carboxylic acids is 2. The van der Waals surface area contributed by atoms with Crippen LogP contribution >= 0.6 is 11.6 Å². The molecule has 0 bridgehead atoms. The lowest BCUT2D eigenvalue weighted by Gasteiger charge is -2.13. The Kier molecular flexibility index (Phi) is 6.42. The molecule has 2 amide bonds. The minimum Gasteiger partial charge on any atom is -0.321 e. The molecule has 0 spiro atoms. The fourth-order valence-electron chi connectivity index (χ4n) is 2.71. The summed E-state index contributed by atoms with van der Waals surface area (Å²) < 4.78 is 42.0. The standard InChI is InChI=1S/C20H14ClF3N4O3/c21-13-6-8-14(9-7-13)28-18(20(22,23)24)15(11-25-28)19(30)26-16-4-2-1-3-12(16)5-10-17(29)27-31/h1-11,31H,(H,26,30)(H,27,29)/b10-5+. The van der Waals surface area contributed by atoms with Crippen molar-refractivity contribution in [3.05, 3.63) is 82.6 Å². The van der Waals surface area contributed by atoms with Gasteiger partial charge in [-0.25, -0.2) is 10.2 Å². The van der Waals surface area contributed by atoms with Crippen LogP contribution < -0.4 is 10.8 Å². The fourth-order valence-corrected chi connectivity index (χ4v) is 2.84. The summed E-state index contributed by atoms with van der Waals surface area (Å²) >= 11 is 5.78. The third-order valence-corrected chi connectivity index (χ3v) is 4.34. The molecule has 0 saturated heterocycles. The number of benzene rings is 2. The zero-order valence-corrected chi connectivity index (χ0v) is 16.3. The van der Waals surface area contributed by atoms with Crippen molar-refractivity contribution in [1.29, 1.82) is 0 Å². The van der Waals surface area contributed by atoms with Crippen LogP contribution in [0.5, 0.6) is 0 Å². The number of aromatic nitrogens is 2. The maximum Gasteiger partial charge on any atom is 0.434 e. The fraction of sp³-hybridized carbons (Fsp3) is 0.0500. The maximum absolute atomic E-state index is 13.8. The smallest absolute Gasteiger partial charge is 0.321 e. The highest BCUT2D eigenvalue weighted by Crippen LogP contribution is 2.34. The second-order valence-corrected chi connectivity index (χ2v) is 6.58. The molecule has 0 atom stereocenters. The molecular weight excluding hydrogens is 437 g/mol. The minimum atomic E-state index is -4.87. The van der Waals surface area contributed by atoms with Crippen LogP contribution in [0.4, 0.5) is 18.9 Å². The van der Waals surface area contributed by atoms with E-state index in [2.05, 4.69) is 10.4 Å². The Morgan fingerprint density at radius 1 is 1.10 bits per heavy atom. The summed E-state index contributed by atoms with van der Waals surface area (Å²) in [6, 6.07) is 11.6. The second kappa shape index (κ2) is 9.02. The van der Waals surface area contributed by atoms with Crippen LogP contribution in [0.1, 0.15) is 21.6 Å². The zero-order valence-electron chi connectivity index (χ0n) is 15.5. The van der Waals surface area contributed by atoms with Crippen molar-refractivity contribution in [2.75, 3.05) is 5.32 Å². The van der Waals surface area contributed by atoms with Crippen molar-refractivity contribution >= 4 is 35.2 Å². The number of alkyl halides is 3. The molecule has 160 valence electrons. The number of halogens is 4. The number of anilines is 1. The van der Waals surface area contributed by atoms with Gasteiger partial charge in [0, 0.05) is 16.8 Å². The molecule has 11 heteroatoms. The van der Waals surface area contributed by atoms with E-state index in [0.717, 1.165) is 12.3 Å². The van der Waals surface area contributed by atoms with Crippen LogP contribution in [0.25, 0.3) is 11.8 Å². The molecule has 1 heterocycles. The van der Waals surface area contributed by atoms with Crippen LogP contribution in [-0.2, 0) is 11.0 Å². The van der Waals surface area contributed by atoms with E-state index in [1.54, 1.807) is 12.1 Å².